The maximum atomic E-state index is 13.3. The van der Waals surface area contributed by atoms with Crippen molar-refractivity contribution in [3.05, 3.63) is 34.1 Å². The zero-order valence-corrected chi connectivity index (χ0v) is 11.2. The lowest BCUT2D eigenvalue weighted by Gasteiger charge is -2.05. The Kier molecular flexibility index (Phi) is 4.89. The fourth-order valence-electron chi connectivity index (χ4n) is 1.18. The first-order valence-corrected chi connectivity index (χ1v) is 7.30. The fourth-order valence-corrected chi connectivity index (χ4v) is 2.20. The van der Waals surface area contributed by atoms with E-state index < -0.39 is 10.0 Å². The quantitative estimate of drug-likeness (QED) is 0.905. The van der Waals surface area contributed by atoms with Crippen LogP contribution in [0.2, 0.25) is 0 Å². The highest BCUT2D eigenvalue weighted by Gasteiger charge is 2.07. The van der Waals surface area contributed by atoms with Crippen LogP contribution in [0.5, 0.6) is 0 Å². The summed E-state index contributed by atoms with van der Waals surface area (Å²) in [5.74, 6) is -0.285. The van der Waals surface area contributed by atoms with Crippen LogP contribution in [-0.4, -0.2) is 20.7 Å². The van der Waals surface area contributed by atoms with E-state index in [4.69, 9.17) is 0 Å². The SMILES string of the molecule is CCS(=O)(=O)NCCc1cc(Br)ccc1F. The normalized spacial score (nSPS) is 11.7. The van der Waals surface area contributed by atoms with Gasteiger partial charge < -0.3 is 0 Å². The third-order valence-corrected chi connectivity index (χ3v) is 4.00. The van der Waals surface area contributed by atoms with Crippen molar-refractivity contribution in [2.75, 3.05) is 12.3 Å². The van der Waals surface area contributed by atoms with Crippen molar-refractivity contribution in [1.29, 1.82) is 0 Å². The van der Waals surface area contributed by atoms with Crippen LogP contribution in [0.3, 0.4) is 0 Å². The number of halogens is 2. The van der Waals surface area contributed by atoms with Gasteiger partial charge in [0, 0.05) is 11.0 Å². The zero-order chi connectivity index (χ0) is 12.2. The van der Waals surface area contributed by atoms with Gasteiger partial charge in [-0.25, -0.2) is 17.5 Å². The van der Waals surface area contributed by atoms with Crippen molar-refractivity contribution in [2.24, 2.45) is 0 Å². The Morgan fingerprint density at radius 1 is 1.44 bits per heavy atom. The Morgan fingerprint density at radius 2 is 2.12 bits per heavy atom. The molecule has 1 aromatic carbocycles. The third kappa shape index (κ3) is 4.19. The van der Waals surface area contributed by atoms with Gasteiger partial charge in [0.2, 0.25) is 10.0 Å². The zero-order valence-electron chi connectivity index (χ0n) is 8.83. The highest BCUT2D eigenvalue weighted by molar-refractivity contribution is 9.10. The van der Waals surface area contributed by atoms with Crippen LogP contribution in [0.25, 0.3) is 0 Å². The van der Waals surface area contributed by atoms with Crippen LogP contribution >= 0.6 is 15.9 Å². The second-order valence-corrected chi connectivity index (χ2v) is 6.29. The van der Waals surface area contributed by atoms with Gasteiger partial charge in [0.25, 0.3) is 0 Å². The number of nitrogens with one attached hydrogen (secondary N) is 1. The van der Waals surface area contributed by atoms with Gasteiger partial charge in [-0.05, 0) is 37.1 Å². The summed E-state index contributed by atoms with van der Waals surface area (Å²) in [6.45, 7) is 1.77. The van der Waals surface area contributed by atoms with E-state index in [2.05, 4.69) is 20.7 Å². The van der Waals surface area contributed by atoms with Gasteiger partial charge in [-0.3, -0.25) is 0 Å². The van der Waals surface area contributed by atoms with Crippen molar-refractivity contribution in [2.45, 2.75) is 13.3 Å². The molecule has 0 heterocycles. The highest BCUT2D eigenvalue weighted by Crippen LogP contribution is 2.15. The van der Waals surface area contributed by atoms with E-state index in [0.717, 1.165) is 4.47 Å². The summed E-state index contributed by atoms with van der Waals surface area (Å²) in [5.41, 5.74) is 0.494. The summed E-state index contributed by atoms with van der Waals surface area (Å²) in [4.78, 5) is 0. The summed E-state index contributed by atoms with van der Waals surface area (Å²) in [7, 11) is -3.20. The molecule has 0 amide bonds. The molecular formula is C10H13BrFNO2S. The van der Waals surface area contributed by atoms with E-state index in [1.807, 2.05) is 0 Å². The Labute approximate surface area is 103 Å². The van der Waals surface area contributed by atoms with Gasteiger partial charge in [-0.1, -0.05) is 15.9 Å². The molecule has 90 valence electrons. The van der Waals surface area contributed by atoms with Crippen LogP contribution in [-0.2, 0) is 16.4 Å². The number of hydrogen-bond acceptors (Lipinski definition) is 2. The van der Waals surface area contributed by atoms with Crippen molar-refractivity contribution >= 4 is 26.0 Å². The van der Waals surface area contributed by atoms with Crippen LogP contribution in [0.4, 0.5) is 4.39 Å². The molecule has 0 aromatic heterocycles. The minimum absolute atomic E-state index is 0.0357. The minimum atomic E-state index is -3.20. The Morgan fingerprint density at radius 3 is 2.75 bits per heavy atom. The van der Waals surface area contributed by atoms with Gasteiger partial charge in [0.05, 0.1) is 5.75 Å². The van der Waals surface area contributed by atoms with Crippen molar-refractivity contribution in [3.8, 4) is 0 Å². The second-order valence-electron chi connectivity index (χ2n) is 3.28. The molecule has 0 saturated heterocycles. The van der Waals surface area contributed by atoms with E-state index in [0.29, 0.717) is 12.0 Å². The first-order chi connectivity index (χ1) is 7.44. The molecular weight excluding hydrogens is 297 g/mol. The lowest BCUT2D eigenvalue weighted by atomic mass is 10.1. The van der Waals surface area contributed by atoms with Crippen LogP contribution in [0.15, 0.2) is 22.7 Å². The van der Waals surface area contributed by atoms with Gasteiger partial charge in [-0.15, -0.1) is 0 Å². The molecule has 1 rings (SSSR count). The van der Waals surface area contributed by atoms with E-state index in [1.165, 1.54) is 6.07 Å². The molecule has 0 atom stereocenters. The molecule has 0 bridgehead atoms. The molecule has 0 aliphatic carbocycles. The highest BCUT2D eigenvalue weighted by atomic mass is 79.9. The van der Waals surface area contributed by atoms with E-state index in [1.54, 1.807) is 19.1 Å². The molecule has 6 heteroatoms. The van der Waals surface area contributed by atoms with Crippen molar-refractivity contribution in [1.82, 2.24) is 4.72 Å². The maximum absolute atomic E-state index is 13.3. The van der Waals surface area contributed by atoms with E-state index in [9.17, 15) is 12.8 Å². The van der Waals surface area contributed by atoms with E-state index in [-0.39, 0.29) is 18.1 Å². The van der Waals surface area contributed by atoms with Gasteiger partial charge in [0.1, 0.15) is 5.82 Å². The number of rotatable bonds is 5. The number of sulfonamides is 1. The average Bonchev–Trinajstić information content (AvgIpc) is 2.23. The molecule has 3 nitrogen and oxygen atoms in total. The second kappa shape index (κ2) is 5.75. The molecule has 1 N–H and O–H groups in total. The monoisotopic (exact) mass is 309 g/mol. The molecule has 0 radical (unpaired) electrons. The lowest BCUT2D eigenvalue weighted by molar-refractivity contribution is 0.578. The summed E-state index contributed by atoms with van der Waals surface area (Å²) in [6, 6.07) is 4.61. The fraction of sp³-hybridized carbons (Fsp3) is 0.400. The Bertz CT molecular complexity index is 462. The predicted octanol–water partition coefficient (Wildman–Crippen LogP) is 2.07. The molecule has 1 aromatic rings. The topological polar surface area (TPSA) is 46.2 Å². The van der Waals surface area contributed by atoms with Crippen molar-refractivity contribution in [3.63, 3.8) is 0 Å². The smallest absolute Gasteiger partial charge is 0.211 e. The van der Waals surface area contributed by atoms with Gasteiger partial charge in [-0.2, -0.15) is 0 Å². The first-order valence-electron chi connectivity index (χ1n) is 4.86. The van der Waals surface area contributed by atoms with Gasteiger partial charge >= 0.3 is 0 Å². The standard InChI is InChI=1S/C10H13BrFNO2S/c1-2-16(14,15)13-6-5-8-7-9(11)3-4-10(8)12/h3-4,7,13H,2,5-6H2,1H3. The summed E-state index contributed by atoms with van der Waals surface area (Å²) in [6.07, 6.45) is 0.338. The summed E-state index contributed by atoms with van der Waals surface area (Å²) in [5, 5.41) is 0. The number of hydrogen-bond donors (Lipinski definition) is 1. The molecule has 0 aliphatic heterocycles. The molecule has 16 heavy (non-hydrogen) atoms. The third-order valence-electron chi connectivity index (χ3n) is 2.10. The maximum Gasteiger partial charge on any atom is 0.211 e. The average molecular weight is 310 g/mol. The number of benzene rings is 1. The molecule has 0 saturated carbocycles. The first kappa shape index (κ1) is 13.6. The Balaban J connectivity index is 2.59. The lowest BCUT2D eigenvalue weighted by Crippen LogP contribution is -2.27. The molecule has 0 spiro atoms. The van der Waals surface area contributed by atoms with E-state index >= 15 is 0 Å². The Hall–Kier alpha value is -0.460. The van der Waals surface area contributed by atoms with Crippen molar-refractivity contribution < 1.29 is 12.8 Å². The predicted molar refractivity (Wildman–Crippen MR) is 65.3 cm³/mol. The molecule has 0 fully saturated rings. The molecule has 0 aliphatic rings. The van der Waals surface area contributed by atoms with Crippen LogP contribution < -0.4 is 4.72 Å². The van der Waals surface area contributed by atoms with Gasteiger partial charge in [0.15, 0.2) is 0 Å². The molecule has 0 unspecified atom stereocenters. The summed E-state index contributed by atoms with van der Waals surface area (Å²) >= 11 is 3.24. The van der Waals surface area contributed by atoms with Crippen LogP contribution in [0.1, 0.15) is 12.5 Å². The summed E-state index contributed by atoms with van der Waals surface area (Å²) < 4.78 is 38.7. The largest absolute Gasteiger partial charge is 0.215 e. The van der Waals surface area contributed by atoms with Crippen LogP contribution in [0, 0.1) is 5.82 Å². The minimum Gasteiger partial charge on any atom is -0.215 e.